The van der Waals surface area contributed by atoms with Gasteiger partial charge in [0.05, 0.1) is 22.4 Å². The molecule has 8 rings (SSSR count). The fourth-order valence-corrected chi connectivity index (χ4v) is 6.80. The third-order valence-electron chi connectivity index (χ3n) is 9.20. The molecule has 0 aliphatic heterocycles. The SMILES string of the molecule is CC(C)c1cccc(C(C)C)c1-n1c(-c2[c-]cccc2)nc2ccccc21.[2H]C([2H])([2H])c1cnc(-c2[c-]cc(C([2H])([2H])[2H])c3c2oc2ccccc23)cc1C([2H])([2H])C(C)(C)C.[Ir]. The molecule has 0 saturated heterocycles. The smallest absolute Gasteiger partial charge is 0.120 e. The summed E-state index contributed by atoms with van der Waals surface area (Å²) in [6.45, 7) is 9.16. The van der Waals surface area contributed by atoms with Crippen LogP contribution in [-0.2, 0) is 26.5 Å². The summed E-state index contributed by atoms with van der Waals surface area (Å²) in [5, 5.41) is 1.04. The zero-order chi connectivity index (χ0) is 44.2. The van der Waals surface area contributed by atoms with Gasteiger partial charge in [-0.3, -0.25) is 4.98 Å². The van der Waals surface area contributed by atoms with Crippen molar-refractivity contribution in [3.63, 3.8) is 0 Å². The van der Waals surface area contributed by atoms with Crippen LogP contribution in [0.2, 0.25) is 0 Å². The quantitative estimate of drug-likeness (QED) is 0.156. The maximum absolute atomic E-state index is 8.75. The van der Waals surface area contributed by atoms with Crippen LogP contribution in [-0.4, -0.2) is 14.5 Å². The van der Waals surface area contributed by atoms with Crippen LogP contribution >= 0.6 is 0 Å². The number of imidazole rings is 1. The first-order valence-electron chi connectivity index (χ1n) is 22.1. The van der Waals surface area contributed by atoms with Crippen molar-refractivity contribution in [3.05, 3.63) is 149 Å². The molecule has 8 aromatic rings. The van der Waals surface area contributed by atoms with Gasteiger partial charge in [-0.25, -0.2) is 0 Å². The summed E-state index contributed by atoms with van der Waals surface area (Å²) in [7, 11) is 0. The van der Waals surface area contributed by atoms with Gasteiger partial charge >= 0.3 is 0 Å². The largest absolute Gasteiger partial charge is 0.501 e. The Hall–Kier alpha value is -4.83. The van der Waals surface area contributed by atoms with Gasteiger partial charge in [-0.2, -0.15) is 0 Å². The molecule has 0 N–H and O–H groups in total. The van der Waals surface area contributed by atoms with Gasteiger partial charge in [-0.15, -0.1) is 53.6 Å². The number of aromatic nitrogens is 3. The molecule has 0 bridgehead atoms. The molecule has 0 fully saturated rings. The van der Waals surface area contributed by atoms with Crippen molar-refractivity contribution in [3.8, 4) is 28.3 Å². The number of hydrogen-bond acceptors (Lipinski definition) is 3. The van der Waals surface area contributed by atoms with Gasteiger partial charge in [0, 0.05) is 48.3 Å². The molecule has 1 radical (unpaired) electrons. The second kappa shape index (κ2) is 15.9. The summed E-state index contributed by atoms with van der Waals surface area (Å²) in [6, 6.07) is 39.4. The molecule has 0 atom stereocenters. The van der Waals surface area contributed by atoms with Crippen LogP contribution in [0.5, 0.6) is 0 Å². The Balaban J connectivity index is 0.000000209. The summed E-state index contributed by atoms with van der Waals surface area (Å²) in [4.78, 5) is 9.32. The third-order valence-corrected chi connectivity index (χ3v) is 9.20. The zero-order valence-corrected chi connectivity index (χ0v) is 34.0. The zero-order valence-electron chi connectivity index (χ0n) is 39.6. The Kier molecular flexibility index (Phi) is 8.68. The van der Waals surface area contributed by atoms with Crippen LogP contribution in [0.4, 0.5) is 0 Å². The molecule has 3 heterocycles. The summed E-state index contributed by atoms with van der Waals surface area (Å²) >= 11 is 0. The average Bonchev–Trinajstić information content (AvgIpc) is 3.79. The monoisotopic (exact) mass is 896 g/mol. The predicted molar refractivity (Wildman–Crippen MR) is 222 cm³/mol. The molecule has 3 aromatic heterocycles. The Morgan fingerprint density at radius 2 is 1.54 bits per heavy atom. The molecular formula is C49H49IrN3O-2. The second-order valence-electron chi connectivity index (χ2n) is 15.0. The number of hydrogen-bond donors (Lipinski definition) is 0. The number of benzene rings is 5. The number of nitrogens with zero attached hydrogens (tertiary/aromatic N) is 3. The van der Waals surface area contributed by atoms with Gasteiger partial charge < -0.3 is 14.0 Å². The molecule has 0 amide bonds. The molecule has 0 unspecified atom stereocenters. The van der Waals surface area contributed by atoms with Crippen LogP contribution in [0.25, 0.3) is 61.3 Å². The minimum atomic E-state index is -2.57. The number of para-hydroxylation sites is 4. The standard InChI is InChI=1S/C25H25N2.C24H24NO.Ir/c1-17(2)20-13-10-14-21(18(3)4)24(20)27-23-16-9-8-15-22(23)26-25(27)19-11-6-5-7-12-19;1-15-10-11-18(23-22(15)19-8-6-7-9-21(19)26-23)20-12-17(13-24(3,4)5)16(2)14-25-20;/h5-11,13-18H,1-4H3;6-10,12,14H,13H2,1-5H3;/q2*-1;/i;1D3,2D3,13D2;. The topological polar surface area (TPSA) is 43.9 Å². The normalized spacial score (nSPS) is 14.6. The van der Waals surface area contributed by atoms with E-state index in [1.807, 2.05) is 18.2 Å². The van der Waals surface area contributed by atoms with E-state index >= 15 is 0 Å². The van der Waals surface area contributed by atoms with Crippen molar-refractivity contribution in [2.24, 2.45) is 5.41 Å². The van der Waals surface area contributed by atoms with Crippen LogP contribution in [0.3, 0.4) is 0 Å². The fraction of sp³-hybridized carbons (Fsp3) is 0.265. The van der Waals surface area contributed by atoms with E-state index in [2.05, 4.69) is 97.9 Å². The summed E-state index contributed by atoms with van der Waals surface area (Å²) in [5.41, 5.74) is 7.47. The number of pyridine rings is 1. The van der Waals surface area contributed by atoms with Crippen LogP contribution in [0.1, 0.15) is 99.1 Å². The predicted octanol–water partition coefficient (Wildman–Crippen LogP) is 13.4. The van der Waals surface area contributed by atoms with Gasteiger partial charge in [0.1, 0.15) is 5.58 Å². The van der Waals surface area contributed by atoms with E-state index in [4.69, 9.17) is 20.4 Å². The van der Waals surface area contributed by atoms with Gasteiger partial charge in [-0.1, -0.05) is 126 Å². The van der Waals surface area contributed by atoms with Crippen molar-refractivity contribution < 1.29 is 35.5 Å². The Bertz CT molecular complexity index is 2840. The first-order valence-corrected chi connectivity index (χ1v) is 18.1. The molecule has 0 aliphatic rings. The second-order valence-corrected chi connectivity index (χ2v) is 15.0. The average molecular weight is 896 g/mol. The third kappa shape index (κ3) is 7.71. The minimum absolute atomic E-state index is 0. The number of rotatable bonds is 6. The molecule has 0 spiro atoms. The van der Waals surface area contributed by atoms with Crippen molar-refractivity contribution in [2.75, 3.05) is 0 Å². The first kappa shape index (κ1) is 29.5. The van der Waals surface area contributed by atoms with Gasteiger partial charge in [0.2, 0.25) is 0 Å². The molecule has 0 aliphatic carbocycles. The Morgan fingerprint density at radius 1 is 0.833 bits per heavy atom. The van der Waals surface area contributed by atoms with Crippen LogP contribution < -0.4 is 0 Å². The summed E-state index contributed by atoms with van der Waals surface area (Å²) in [6.07, 6.45) is -0.832. The van der Waals surface area contributed by atoms with E-state index in [0.29, 0.717) is 33.8 Å². The first-order chi connectivity index (χ1) is 28.6. The molecular weight excluding hydrogens is 839 g/mol. The molecule has 0 saturated carbocycles. The van der Waals surface area contributed by atoms with Gasteiger partial charge in [0.15, 0.2) is 0 Å². The van der Waals surface area contributed by atoms with Crippen LogP contribution in [0.15, 0.2) is 114 Å². The maximum atomic E-state index is 8.75. The van der Waals surface area contributed by atoms with E-state index in [1.54, 1.807) is 45.0 Å². The molecule has 277 valence electrons. The fourth-order valence-electron chi connectivity index (χ4n) is 6.80. The van der Waals surface area contributed by atoms with Gasteiger partial charge in [-0.05, 0) is 71.1 Å². The minimum Gasteiger partial charge on any atom is -0.501 e. The van der Waals surface area contributed by atoms with E-state index in [0.717, 1.165) is 22.4 Å². The molecule has 5 aromatic carbocycles. The summed E-state index contributed by atoms with van der Waals surface area (Å²) < 4.78 is 73.5. The van der Waals surface area contributed by atoms with Crippen molar-refractivity contribution >= 4 is 33.0 Å². The van der Waals surface area contributed by atoms with Crippen molar-refractivity contribution in [1.82, 2.24) is 14.5 Å². The van der Waals surface area contributed by atoms with Crippen molar-refractivity contribution in [1.29, 1.82) is 0 Å². The molecule has 4 nitrogen and oxygen atoms in total. The van der Waals surface area contributed by atoms with Gasteiger partial charge in [0.25, 0.3) is 0 Å². The Labute approximate surface area is 345 Å². The maximum Gasteiger partial charge on any atom is 0.120 e. The van der Waals surface area contributed by atoms with E-state index in [-0.39, 0.29) is 48.1 Å². The van der Waals surface area contributed by atoms with E-state index in [9.17, 15) is 0 Å². The number of furan rings is 1. The number of fused-ring (bicyclic) bond motifs is 4. The number of aryl methyl sites for hydroxylation is 2. The molecule has 54 heavy (non-hydrogen) atoms. The van der Waals surface area contributed by atoms with Crippen LogP contribution in [0, 0.1) is 31.3 Å². The van der Waals surface area contributed by atoms with Crippen molar-refractivity contribution in [2.45, 2.75) is 80.4 Å². The van der Waals surface area contributed by atoms with E-state index < -0.39 is 25.5 Å². The van der Waals surface area contributed by atoms with E-state index in [1.165, 1.54) is 35.1 Å². The Morgan fingerprint density at radius 3 is 2.22 bits per heavy atom. The summed E-state index contributed by atoms with van der Waals surface area (Å²) in [5.74, 6) is 1.80. The molecule has 5 heteroatoms.